The summed E-state index contributed by atoms with van der Waals surface area (Å²) in [7, 11) is 0. The molecule has 2 bridgehead atoms. The van der Waals surface area contributed by atoms with E-state index >= 15 is 0 Å². The Bertz CT molecular complexity index is 802. The van der Waals surface area contributed by atoms with Gasteiger partial charge in [-0.3, -0.25) is 9.59 Å². The standard InChI is InChI=1S/C18H19N3O3S/c1-10(22)18-19-9-16(24-18)25-13-5-2-11(3-6-13)17(23)21-15-8-12-4-7-14(15)20-12/h2-3,5-6,9,12,14-15,20H,4,7-8H2,1H3,(H,21,23). The fourth-order valence-electron chi connectivity index (χ4n) is 3.50. The molecule has 3 unspecified atom stereocenters. The Kier molecular flexibility index (Phi) is 4.35. The molecule has 7 heteroatoms. The predicted molar refractivity (Wildman–Crippen MR) is 92.9 cm³/mol. The minimum Gasteiger partial charge on any atom is -0.427 e. The number of Topliss-reactive ketones (excluding diaryl/α,β-unsaturated/α-hetero) is 1. The van der Waals surface area contributed by atoms with Crippen LogP contribution in [0, 0.1) is 0 Å². The molecule has 3 atom stereocenters. The molecule has 3 heterocycles. The summed E-state index contributed by atoms with van der Waals surface area (Å²) in [6, 6.07) is 8.57. The van der Waals surface area contributed by atoms with E-state index in [0.29, 0.717) is 22.7 Å². The van der Waals surface area contributed by atoms with Crippen molar-refractivity contribution in [1.29, 1.82) is 0 Å². The van der Waals surface area contributed by atoms with Crippen LogP contribution in [0.4, 0.5) is 0 Å². The van der Waals surface area contributed by atoms with Gasteiger partial charge in [-0.05, 0) is 43.5 Å². The largest absolute Gasteiger partial charge is 0.427 e. The van der Waals surface area contributed by atoms with E-state index in [1.54, 1.807) is 12.1 Å². The van der Waals surface area contributed by atoms with Crippen LogP contribution in [-0.2, 0) is 0 Å². The molecule has 2 aromatic rings. The number of rotatable bonds is 5. The van der Waals surface area contributed by atoms with Crippen LogP contribution in [-0.4, -0.2) is 34.8 Å². The Morgan fingerprint density at radius 2 is 2.08 bits per heavy atom. The number of carbonyl (C=O) groups excluding carboxylic acids is 2. The van der Waals surface area contributed by atoms with Crippen molar-refractivity contribution >= 4 is 23.5 Å². The van der Waals surface area contributed by atoms with Crippen LogP contribution in [0.5, 0.6) is 0 Å². The van der Waals surface area contributed by atoms with Gasteiger partial charge in [0.15, 0.2) is 5.09 Å². The van der Waals surface area contributed by atoms with E-state index < -0.39 is 0 Å². The van der Waals surface area contributed by atoms with Crippen LogP contribution in [0.25, 0.3) is 0 Å². The van der Waals surface area contributed by atoms with Crippen molar-refractivity contribution in [2.24, 2.45) is 0 Å². The van der Waals surface area contributed by atoms with E-state index in [-0.39, 0.29) is 23.6 Å². The summed E-state index contributed by atoms with van der Waals surface area (Å²) < 4.78 is 5.36. The van der Waals surface area contributed by atoms with Gasteiger partial charge in [-0.2, -0.15) is 0 Å². The van der Waals surface area contributed by atoms with E-state index in [1.807, 2.05) is 12.1 Å². The number of oxazole rings is 1. The number of aromatic nitrogens is 1. The number of nitrogens with one attached hydrogen (secondary N) is 2. The number of nitrogens with zero attached hydrogens (tertiary/aromatic N) is 1. The molecule has 0 radical (unpaired) electrons. The summed E-state index contributed by atoms with van der Waals surface area (Å²) in [5.41, 5.74) is 0.647. The zero-order valence-electron chi connectivity index (χ0n) is 13.8. The van der Waals surface area contributed by atoms with E-state index in [0.717, 1.165) is 17.7 Å². The smallest absolute Gasteiger partial charge is 0.263 e. The highest BCUT2D eigenvalue weighted by Gasteiger charge is 2.39. The van der Waals surface area contributed by atoms with Crippen LogP contribution in [0.3, 0.4) is 0 Å². The highest BCUT2D eigenvalue weighted by molar-refractivity contribution is 7.99. The van der Waals surface area contributed by atoms with Crippen molar-refractivity contribution in [1.82, 2.24) is 15.6 Å². The summed E-state index contributed by atoms with van der Waals surface area (Å²) in [5.74, 6) is -0.124. The number of benzene rings is 1. The predicted octanol–water partition coefficient (Wildman–Crippen LogP) is 2.65. The summed E-state index contributed by atoms with van der Waals surface area (Å²) in [5, 5.41) is 7.21. The van der Waals surface area contributed by atoms with Gasteiger partial charge in [0.1, 0.15) is 0 Å². The summed E-state index contributed by atoms with van der Waals surface area (Å²) in [4.78, 5) is 28.5. The Labute approximate surface area is 149 Å². The van der Waals surface area contributed by atoms with Crippen molar-refractivity contribution in [3.05, 3.63) is 41.9 Å². The summed E-state index contributed by atoms with van der Waals surface area (Å²) >= 11 is 1.37. The van der Waals surface area contributed by atoms with E-state index in [1.165, 1.54) is 31.3 Å². The average Bonchev–Trinajstić information content (AvgIpc) is 3.32. The lowest BCUT2D eigenvalue weighted by atomic mass is 9.95. The lowest BCUT2D eigenvalue weighted by molar-refractivity contribution is 0.0929. The first kappa shape index (κ1) is 16.4. The van der Waals surface area contributed by atoms with Crippen molar-refractivity contribution in [2.75, 3.05) is 0 Å². The third-order valence-corrected chi connectivity index (χ3v) is 5.63. The monoisotopic (exact) mass is 357 g/mol. The topological polar surface area (TPSA) is 84.2 Å². The Morgan fingerprint density at radius 1 is 1.28 bits per heavy atom. The minimum atomic E-state index is -0.200. The van der Waals surface area contributed by atoms with Gasteiger partial charge < -0.3 is 15.1 Å². The second kappa shape index (κ2) is 6.65. The highest BCUT2D eigenvalue weighted by atomic mass is 32.2. The molecule has 6 nitrogen and oxygen atoms in total. The maximum Gasteiger partial charge on any atom is 0.263 e. The van der Waals surface area contributed by atoms with Gasteiger partial charge in [-0.15, -0.1) is 0 Å². The highest BCUT2D eigenvalue weighted by Crippen LogP contribution is 2.30. The number of carbonyl (C=O) groups is 2. The normalized spacial score (nSPS) is 24.4. The molecule has 1 amide bonds. The quantitative estimate of drug-likeness (QED) is 0.801. The molecule has 2 saturated heterocycles. The van der Waals surface area contributed by atoms with Crippen LogP contribution in [0.15, 0.2) is 44.9 Å². The SMILES string of the molecule is CC(=O)c1ncc(Sc2ccc(C(=O)NC3CC4CCC3N4)cc2)o1. The van der Waals surface area contributed by atoms with Crippen molar-refractivity contribution in [2.45, 2.75) is 54.3 Å². The Balaban J connectivity index is 1.37. The van der Waals surface area contributed by atoms with Crippen LogP contribution in [0.1, 0.15) is 47.2 Å². The molecule has 2 aliphatic rings. The van der Waals surface area contributed by atoms with Crippen molar-refractivity contribution < 1.29 is 14.0 Å². The maximum absolute atomic E-state index is 12.4. The first-order valence-electron chi connectivity index (χ1n) is 8.40. The van der Waals surface area contributed by atoms with Gasteiger partial charge in [-0.25, -0.2) is 4.98 Å². The zero-order valence-corrected chi connectivity index (χ0v) is 14.6. The molecule has 25 heavy (non-hydrogen) atoms. The molecule has 1 aromatic heterocycles. The molecule has 2 aliphatic heterocycles. The number of fused-ring (bicyclic) bond motifs is 2. The van der Waals surface area contributed by atoms with Gasteiger partial charge >= 0.3 is 0 Å². The van der Waals surface area contributed by atoms with Gasteiger partial charge in [0, 0.05) is 35.5 Å². The van der Waals surface area contributed by atoms with Crippen molar-refractivity contribution in [3.63, 3.8) is 0 Å². The molecular formula is C18H19N3O3S. The number of hydrogen-bond acceptors (Lipinski definition) is 6. The second-order valence-electron chi connectivity index (χ2n) is 6.53. The Morgan fingerprint density at radius 3 is 2.68 bits per heavy atom. The number of amides is 1. The van der Waals surface area contributed by atoms with E-state index in [9.17, 15) is 9.59 Å². The van der Waals surface area contributed by atoms with Crippen molar-refractivity contribution in [3.8, 4) is 0 Å². The average molecular weight is 357 g/mol. The first-order chi connectivity index (χ1) is 12.1. The first-order valence-corrected chi connectivity index (χ1v) is 9.22. The van der Waals surface area contributed by atoms with Crippen LogP contribution in [0.2, 0.25) is 0 Å². The zero-order chi connectivity index (χ0) is 17.4. The molecule has 0 spiro atoms. The van der Waals surface area contributed by atoms with E-state index in [2.05, 4.69) is 15.6 Å². The number of ketones is 1. The number of hydrogen-bond donors (Lipinski definition) is 2. The fourth-order valence-corrected chi connectivity index (χ4v) is 4.23. The molecule has 2 fully saturated rings. The van der Waals surface area contributed by atoms with Gasteiger partial charge in [0.05, 0.1) is 6.20 Å². The summed E-state index contributed by atoms with van der Waals surface area (Å²) in [6.45, 7) is 1.42. The third kappa shape index (κ3) is 3.48. The van der Waals surface area contributed by atoms with Gasteiger partial charge in [0.2, 0.25) is 5.78 Å². The molecular weight excluding hydrogens is 338 g/mol. The lowest BCUT2D eigenvalue weighted by Crippen LogP contribution is -2.42. The Hall–Kier alpha value is -2.12. The van der Waals surface area contributed by atoms with E-state index in [4.69, 9.17) is 4.42 Å². The fraction of sp³-hybridized carbons (Fsp3) is 0.389. The van der Waals surface area contributed by atoms with Gasteiger partial charge in [-0.1, -0.05) is 11.8 Å². The second-order valence-corrected chi connectivity index (χ2v) is 7.61. The minimum absolute atomic E-state index is 0.0329. The molecule has 0 aliphatic carbocycles. The lowest BCUT2D eigenvalue weighted by Gasteiger charge is -2.21. The van der Waals surface area contributed by atoms with Crippen LogP contribution >= 0.6 is 11.8 Å². The molecule has 4 rings (SSSR count). The molecule has 130 valence electrons. The molecule has 2 N–H and O–H groups in total. The molecule has 1 aromatic carbocycles. The van der Waals surface area contributed by atoms with Gasteiger partial charge in [0.25, 0.3) is 11.8 Å². The maximum atomic E-state index is 12.4. The molecule has 0 saturated carbocycles. The summed E-state index contributed by atoms with van der Waals surface area (Å²) in [6.07, 6.45) is 4.92. The van der Waals surface area contributed by atoms with Crippen LogP contribution < -0.4 is 10.6 Å². The third-order valence-electron chi connectivity index (χ3n) is 4.74.